The predicted octanol–water partition coefficient (Wildman–Crippen LogP) is 1.31. The number of fused-ring (bicyclic) bond motifs is 1. The number of carbonyl (C=O) groups is 1. The van der Waals surface area contributed by atoms with Gasteiger partial charge in [0.05, 0.1) is 17.3 Å². The summed E-state index contributed by atoms with van der Waals surface area (Å²) in [4.78, 5) is 12.2. The van der Waals surface area contributed by atoms with E-state index in [-0.39, 0.29) is 11.8 Å². The number of anilines is 1. The number of amides is 1. The molecule has 2 aliphatic rings. The van der Waals surface area contributed by atoms with Gasteiger partial charge in [0.2, 0.25) is 0 Å². The van der Waals surface area contributed by atoms with E-state index < -0.39 is 0 Å². The number of hydrogen-bond acceptors (Lipinski definition) is 3. The molecule has 17 heavy (non-hydrogen) atoms. The van der Waals surface area contributed by atoms with Crippen molar-refractivity contribution in [3.8, 4) is 0 Å². The van der Waals surface area contributed by atoms with Gasteiger partial charge in [0.1, 0.15) is 0 Å². The van der Waals surface area contributed by atoms with Crippen molar-refractivity contribution in [3.63, 3.8) is 0 Å². The molecule has 0 aliphatic carbocycles. The Hall–Kier alpha value is -1.68. The number of nitrogens with one attached hydrogen (secondary N) is 1. The molecular formula is C13H15N3O. The van der Waals surface area contributed by atoms with Crippen molar-refractivity contribution in [3.05, 3.63) is 29.8 Å². The fraction of sp³-hybridized carbons (Fsp3) is 0.385. The van der Waals surface area contributed by atoms with Gasteiger partial charge in [-0.2, -0.15) is 5.10 Å². The first-order valence-electron chi connectivity index (χ1n) is 5.94. The summed E-state index contributed by atoms with van der Waals surface area (Å²) in [5, 5.41) is 9.25. The van der Waals surface area contributed by atoms with E-state index in [0.29, 0.717) is 0 Å². The third-order valence-electron chi connectivity index (χ3n) is 3.30. The summed E-state index contributed by atoms with van der Waals surface area (Å²) in [5.41, 5.74) is 2.99. The number of hydrazone groups is 1. The van der Waals surface area contributed by atoms with Gasteiger partial charge < -0.3 is 5.32 Å². The lowest BCUT2D eigenvalue weighted by molar-refractivity contribution is -0.120. The van der Waals surface area contributed by atoms with E-state index in [4.69, 9.17) is 0 Å². The van der Waals surface area contributed by atoms with Gasteiger partial charge in [-0.05, 0) is 37.6 Å². The van der Waals surface area contributed by atoms with Crippen LogP contribution in [0.4, 0.5) is 5.69 Å². The molecule has 0 aromatic heterocycles. The second-order valence-electron chi connectivity index (χ2n) is 4.60. The van der Waals surface area contributed by atoms with Gasteiger partial charge in [-0.25, -0.2) is 5.01 Å². The van der Waals surface area contributed by atoms with Gasteiger partial charge >= 0.3 is 0 Å². The van der Waals surface area contributed by atoms with Crippen molar-refractivity contribution >= 4 is 17.3 Å². The highest BCUT2D eigenvalue weighted by atomic mass is 16.2. The summed E-state index contributed by atoms with van der Waals surface area (Å²) in [6, 6.07) is 7.90. The van der Waals surface area contributed by atoms with Crippen LogP contribution in [0.1, 0.15) is 12.0 Å². The average molecular weight is 229 g/mol. The van der Waals surface area contributed by atoms with Crippen LogP contribution in [0.25, 0.3) is 0 Å². The molecule has 1 fully saturated rings. The molecule has 0 saturated carbocycles. The number of rotatable bonds is 1. The Morgan fingerprint density at radius 3 is 3.12 bits per heavy atom. The summed E-state index contributed by atoms with van der Waals surface area (Å²) in [6.45, 7) is 3.65. The van der Waals surface area contributed by atoms with Gasteiger partial charge in [0.25, 0.3) is 5.91 Å². The largest absolute Gasteiger partial charge is 0.311 e. The van der Waals surface area contributed by atoms with Crippen molar-refractivity contribution in [1.82, 2.24) is 5.32 Å². The minimum Gasteiger partial charge on any atom is -0.311 e. The van der Waals surface area contributed by atoms with Gasteiger partial charge in [-0.15, -0.1) is 0 Å². The minimum atomic E-state index is -0.00300. The van der Waals surface area contributed by atoms with E-state index in [1.807, 2.05) is 31.2 Å². The molecule has 2 heterocycles. The van der Waals surface area contributed by atoms with E-state index in [9.17, 15) is 4.79 Å². The maximum atomic E-state index is 12.2. The molecule has 3 rings (SSSR count). The number of piperidine rings is 1. The first-order valence-corrected chi connectivity index (χ1v) is 5.94. The second-order valence-corrected chi connectivity index (χ2v) is 4.60. The average Bonchev–Trinajstić information content (AvgIpc) is 2.68. The topological polar surface area (TPSA) is 44.7 Å². The third kappa shape index (κ3) is 1.74. The van der Waals surface area contributed by atoms with Crippen LogP contribution in [-0.2, 0) is 4.79 Å². The number of nitrogens with zero attached hydrogens (tertiary/aromatic N) is 2. The van der Waals surface area contributed by atoms with Crippen LogP contribution in [-0.4, -0.2) is 24.7 Å². The molecule has 1 amide bonds. The molecule has 1 unspecified atom stereocenters. The number of benzene rings is 1. The van der Waals surface area contributed by atoms with E-state index in [0.717, 1.165) is 36.5 Å². The highest BCUT2D eigenvalue weighted by Crippen LogP contribution is 2.27. The third-order valence-corrected chi connectivity index (χ3v) is 3.30. The lowest BCUT2D eigenvalue weighted by atomic mass is 9.96. The predicted molar refractivity (Wildman–Crippen MR) is 67.1 cm³/mol. The molecular weight excluding hydrogens is 214 g/mol. The van der Waals surface area contributed by atoms with Crippen LogP contribution < -0.4 is 10.3 Å². The molecule has 1 aromatic carbocycles. The molecule has 4 heteroatoms. The molecule has 4 nitrogen and oxygen atoms in total. The highest BCUT2D eigenvalue weighted by molar-refractivity contribution is 6.16. The van der Waals surface area contributed by atoms with Crippen molar-refractivity contribution in [2.75, 3.05) is 18.1 Å². The number of carbonyl (C=O) groups excluding carboxylic acids is 1. The molecule has 0 bridgehead atoms. The van der Waals surface area contributed by atoms with E-state index >= 15 is 0 Å². The molecule has 1 saturated heterocycles. The fourth-order valence-corrected chi connectivity index (χ4v) is 2.39. The Morgan fingerprint density at radius 1 is 1.47 bits per heavy atom. The zero-order valence-corrected chi connectivity index (χ0v) is 9.81. The quantitative estimate of drug-likeness (QED) is 0.789. The molecule has 2 aliphatic heterocycles. The lowest BCUT2D eigenvalue weighted by Gasteiger charge is -2.18. The zero-order chi connectivity index (χ0) is 11.8. The molecule has 1 N–H and O–H groups in total. The van der Waals surface area contributed by atoms with Gasteiger partial charge in [0, 0.05) is 6.54 Å². The molecule has 1 atom stereocenters. The Kier molecular flexibility index (Phi) is 2.44. The number of hydrogen-bond donors (Lipinski definition) is 1. The molecule has 0 spiro atoms. The minimum absolute atomic E-state index is 0.00300. The molecule has 88 valence electrons. The molecule has 0 radical (unpaired) electrons. The van der Waals surface area contributed by atoms with E-state index in [1.54, 1.807) is 5.01 Å². The van der Waals surface area contributed by atoms with Crippen LogP contribution in [0.2, 0.25) is 0 Å². The lowest BCUT2D eigenvalue weighted by Crippen LogP contribution is -2.38. The van der Waals surface area contributed by atoms with Crippen molar-refractivity contribution in [2.24, 2.45) is 11.0 Å². The highest BCUT2D eigenvalue weighted by Gasteiger charge is 2.37. The Labute approximate surface area is 100 Å². The van der Waals surface area contributed by atoms with Crippen molar-refractivity contribution in [1.29, 1.82) is 0 Å². The van der Waals surface area contributed by atoms with Gasteiger partial charge in [0.15, 0.2) is 0 Å². The Balaban J connectivity index is 1.94. The van der Waals surface area contributed by atoms with Crippen LogP contribution in [0.3, 0.4) is 0 Å². The Bertz CT molecular complexity index is 495. The Morgan fingerprint density at radius 2 is 2.35 bits per heavy atom. The van der Waals surface area contributed by atoms with Crippen LogP contribution in [0.5, 0.6) is 0 Å². The smallest absolute Gasteiger partial charge is 0.256 e. The second kappa shape index (κ2) is 3.96. The monoisotopic (exact) mass is 229 g/mol. The van der Waals surface area contributed by atoms with Crippen LogP contribution >= 0.6 is 0 Å². The van der Waals surface area contributed by atoms with Crippen molar-refractivity contribution < 1.29 is 4.79 Å². The fourth-order valence-electron chi connectivity index (χ4n) is 2.39. The van der Waals surface area contributed by atoms with Gasteiger partial charge in [-0.3, -0.25) is 4.79 Å². The summed E-state index contributed by atoms with van der Waals surface area (Å²) in [7, 11) is 0. The first-order chi connectivity index (χ1) is 8.25. The van der Waals surface area contributed by atoms with Gasteiger partial charge in [-0.1, -0.05) is 12.1 Å². The van der Waals surface area contributed by atoms with Crippen LogP contribution in [0, 0.1) is 12.8 Å². The van der Waals surface area contributed by atoms with Crippen LogP contribution in [0.15, 0.2) is 29.4 Å². The summed E-state index contributed by atoms with van der Waals surface area (Å²) in [6.07, 6.45) is 0.861. The summed E-state index contributed by atoms with van der Waals surface area (Å²) >= 11 is 0. The SMILES string of the molecule is Cc1cccc(N2N=C3CNCCC3C2=O)c1. The summed E-state index contributed by atoms with van der Waals surface area (Å²) < 4.78 is 0. The maximum absolute atomic E-state index is 12.2. The van der Waals surface area contributed by atoms with Crippen molar-refractivity contribution in [2.45, 2.75) is 13.3 Å². The summed E-state index contributed by atoms with van der Waals surface area (Å²) in [5.74, 6) is 0.115. The maximum Gasteiger partial charge on any atom is 0.256 e. The standard InChI is InChI=1S/C13H15N3O/c1-9-3-2-4-10(7-9)16-13(17)11-5-6-14-8-12(11)15-16/h2-4,7,11,14H,5-6,8H2,1H3. The zero-order valence-electron chi connectivity index (χ0n) is 9.81. The first kappa shape index (κ1) is 10.5. The normalized spacial score (nSPS) is 23.6. The van der Waals surface area contributed by atoms with E-state index in [1.165, 1.54) is 0 Å². The van der Waals surface area contributed by atoms with E-state index in [2.05, 4.69) is 10.4 Å². The number of aryl methyl sites for hydroxylation is 1. The molecule has 1 aromatic rings.